The Morgan fingerprint density at radius 1 is 1.42 bits per heavy atom. The first-order valence-corrected chi connectivity index (χ1v) is 8.31. The fourth-order valence-electron chi connectivity index (χ4n) is 1.49. The maximum Gasteiger partial charge on any atom is 0.390 e. The fourth-order valence-corrected chi connectivity index (χ4v) is 2.83. The molecule has 11 heteroatoms. The topological polar surface area (TPSA) is 110 Å². The van der Waals surface area contributed by atoms with E-state index in [9.17, 15) is 26.4 Å². The van der Waals surface area contributed by atoms with Crippen LogP contribution in [-0.2, 0) is 14.6 Å². The number of alkyl halides is 3. The summed E-state index contributed by atoms with van der Waals surface area (Å²) in [5, 5.41) is 14.5. The molecule has 2 N–H and O–H groups in total. The molecule has 0 atom stereocenters. The normalized spacial score (nSPS) is 12.9. The number of nitrogens with one attached hydrogen (secondary N) is 1. The van der Waals surface area contributed by atoms with Crippen molar-refractivity contribution in [3.63, 3.8) is 0 Å². The van der Waals surface area contributed by atoms with E-state index >= 15 is 0 Å². The Labute approximate surface area is 136 Å². The number of hydrogen-bond donors (Lipinski definition) is 2. The first-order valence-electron chi connectivity index (χ1n) is 6.66. The second kappa shape index (κ2) is 6.93. The van der Waals surface area contributed by atoms with Gasteiger partial charge >= 0.3 is 6.18 Å². The van der Waals surface area contributed by atoms with Crippen LogP contribution < -0.4 is 5.32 Å². The molecule has 0 aliphatic rings. The van der Waals surface area contributed by atoms with Crippen molar-refractivity contribution in [3.8, 4) is 0 Å². The van der Waals surface area contributed by atoms with Gasteiger partial charge in [-0.1, -0.05) is 11.7 Å². The quantitative estimate of drug-likeness (QED) is 0.757. The third kappa shape index (κ3) is 4.81. The van der Waals surface area contributed by atoms with Crippen LogP contribution in [0.2, 0.25) is 0 Å². The molecule has 0 unspecified atom stereocenters. The molecular weight excluding hydrogens is 353 g/mol. The van der Waals surface area contributed by atoms with Gasteiger partial charge in [0.1, 0.15) is 10.4 Å². The molecule has 0 spiro atoms. The van der Waals surface area contributed by atoms with Gasteiger partial charge in [0.2, 0.25) is 11.8 Å². The lowest BCUT2D eigenvalue weighted by Gasteiger charge is -2.23. The molecule has 1 aromatic heterocycles. The number of carbonyl (C=O) groups is 1. The summed E-state index contributed by atoms with van der Waals surface area (Å²) in [4.78, 5) is 12.1. The van der Waals surface area contributed by atoms with Gasteiger partial charge in [0, 0.05) is 6.07 Å². The monoisotopic (exact) mass is 370 g/mol. The number of aliphatic hydroxyl groups is 1. The molecular formula is C13H17F3N2O5S. The molecule has 1 heterocycles. The zero-order valence-corrected chi connectivity index (χ0v) is 13.8. The van der Waals surface area contributed by atoms with Gasteiger partial charge in [-0.05, 0) is 19.4 Å². The number of aliphatic hydroxyl groups excluding tert-OH is 1. The van der Waals surface area contributed by atoms with Crippen molar-refractivity contribution >= 4 is 27.2 Å². The molecule has 136 valence electrons. The lowest BCUT2D eigenvalue weighted by Crippen LogP contribution is -2.46. The Hall–Kier alpha value is -1.88. The van der Waals surface area contributed by atoms with E-state index in [1.165, 1.54) is 6.07 Å². The highest BCUT2D eigenvalue weighted by Crippen LogP contribution is 2.26. The largest absolute Gasteiger partial charge is 0.392 e. The molecule has 0 saturated heterocycles. The predicted molar refractivity (Wildman–Crippen MR) is 79.8 cm³/mol. The van der Waals surface area contributed by atoms with E-state index in [4.69, 9.17) is 9.63 Å². The number of amides is 1. The molecule has 24 heavy (non-hydrogen) atoms. The van der Waals surface area contributed by atoms with Crippen molar-refractivity contribution in [2.24, 2.45) is 0 Å². The van der Waals surface area contributed by atoms with Crippen LogP contribution in [0.1, 0.15) is 26.0 Å². The predicted octanol–water partition coefficient (Wildman–Crippen LogP) is 1.76. The minimum Gasteiger partial charge on any atom is -0.392 e. The summed E-state index contributed by atoms with van der Waals surface area (Å²) in [6, 6.07) is 1.20. The van der Waals surface area contributed by atoms with Gasteiger partial charge in [-0.3, -0.25) is 10.1 Å². The van der Waals surface area contributed by atoms with Crippen molar-refractivity contribution in [1.29, 1.82) is 0 Å². The average molecular weight is 370 g/mol. The number of anilines is 1. The highest BCUT2D eigenvalue weighted by molar-refractivity contribution is 7.93. The molecule has 0 aliphatic carbocycles. The van der Waals surface area contributed by atoms with E-state index in [0.29, 0.717) is 0 Å². The summed E-state index contributed by atoms with van der Waals surface area (Å²) in [5.74, 6) is -2.49. The lowest BCUT2D eigenvalue weighted by atomic mass is 10.2. The zero-order valence-electron chi connectivity index (χ0n) is 13.0. The van der Waals surface area contributed by atoms with Crippen LogP contribution >= 0.6 is 0 Å². The van der Waals surface area contributed by atoms with Gasteiger partial charge in [0.25, 0.3) is 0 Å². The fraction of sp³-hybridized carbons (Fsp3) is 0.538. The van der Waals surface area contributed by atoms with Gasteiger partial charge in [-0.25, -0.2) is 8.42 Å². The molecule has 0 fully saturated rings. The summed E-state index contributed by atoms with van der Waals surface area (Å²) < 4.78 is 63.4. The Kier molecular flexibility index (Phi) is 5.82. The van der Waals surface area contributed by atoms with E-state index in [-0.39, 0.29) is 17.2 Å². The summed E-state index contributed by atoms with van der Waals surface area (Å²) in [5.41, 5.74) is 0.349. The van der Waals surface area contributed by atoms with Gasteiger partial charge in [0.15, 0.2) is 9.84 Å². The molecule has 1 amide bonds. The standard InChI is InChI=1S/C13H17F3N2O5S/c1-8(7-19)9-6-10(23-18-9)17-11(20)12(2,3)24(21,22)5-4-13(14,15)16/h6,19H,1,4-5,7H2,2-3H3,(H,17,20). The molecule has 0 aromatic carbocycles. The number of rotatable bonds is 7. The zero-order chi connectivity index (χ0) is 18.8. The smallest absolute Gasteiger partial charge is 0.390 e. The van der Waals surface area contributed by atoms with Crippen molar-refractivity contribution < 1.29 is 36.0 Å². The SMILES string of the molecule is C=C(CO)c1cc(NC(=O)C(C)(C)S(=O)(=O)CCC(F)(F)F)on1. The van der Waals surface area contributed by atoms with Crippen molar-refractivity contribution in [2.75, 3.05) is 17.7 Å². The highest BCUT2D eigenvalue weighted by atomic mass is 32.2. The minimum absolute atomic E-state index is 0.144. The maximum absolute atomic E-state index is 12.2. The number of carbonyl (C=O) groups excluding carboxylic acids is 1. The highest BCUT2D eigenvalue weighted by Gasteiger charge is 2.44. The summed E-state index contributed by atoms with van der Waals surface area (Å²) in [6.45, 7) is 5.07. The summed E-state index contributed by atoms with van der Waals surface area (Å²) in [6.07, 6.45) is -6.20. The second-order valence-electron chi connectivity index (χ2n) is 5.49. The van der Waals surface area contributed by atoms with E-state index in [0.717, 1.165) is 13.8 Å². The van der Waals surface area contributed by atoms with E-state index < -0.39 is 45.4 Å². The molecule has 0 aliphatic heterocycles. The molecule has 7 nitrogen and oxygen atoms in total. The van der Waals surface area contributed by atoms with Crippen molar-refractivity contribution in [3.05, 3.63) is 18.3 Å². The van der Waals surface area contributed by atoms with Crippen molar-refractivity contribution in [2.45, 2.75) is 31.2 Å². The number of hydrogen-bond acceptors (Lipinski definition) is 6. The Morgan fingerprint density at radius 3 is 2.50 bits per heavy atom. The van der Waals surface area contributed by atoms with Crippen LogP contribution in [0.15, 0.2) is 17.2 Å². The van der Waals surface area contributed by atoms with E-state index in [2.05, 4.69) is 17.1 Å². The Bertz CT molecular complexity index is 722. The van der Waals surface area contributed by atoms with Crippen LogP contribution in [0.3, 0.4) is 0 Å². The van der Waals surface area contributed by atoms with Crippen LogP contribution in [0.25, 0.3) is 5.57 Å². The van der Waals surface area contributed by atoms with Crippen LogP contribution in [0.5, 0.6) is 0 Å². The lowest BCUT2D eigenvalue weighted by molar-refractivity contribution is -0.130. The van der Waals surface area contributed by atoms with Gasteiger partial charge in [-0.15, -0.1) is 0 Å². The van der Waals surface area contributed by atoms with Crippen LogP contribution in [-0.4, -0.2) is 47.9 Å². The van der Waals surface area contributed by atoms with Crippen LogP contribution in [0, 0.1) is 0 Å². The van der Waals surface area contributed by atoms with Gasteiger partial charge in [0.05, 0.1) is 18.8 Å². The van der Waals surface area contributed by atoms with Crippen LogP contribution in [0.4, 0.5) is 19.1 Å². The number of sulfone groups is 1. The second-order valence-corrected chi connectivity index (χ2v) is 8.14. The molecule has 0 saturated carbocycles. The molecule has 1 aromatic rings. The van der Waals surface area contributed by atoms with E-state index in [1.54, 1.807) is 0 Å². The maximum atomic E-state index is 12.2. The van der Waals surface area contributed by atoms with E-state index in [1.807, 2.05) is 0 Å². The number of nitrogens with zero attached hydrogens (tertiary/aromatic N) is 1. The third-order valence-corrected chi connectivity index (χ3v) is 5.76. The van der Waals surface area contributed by atoms with Gasteiger partial charge < -0.3 is 9.63 Å². The first-order chi connectivity index (χ1) is 10.8. The third-order valence-electron chi connectivity index (χ3n) is 3.28. The molecule has 0 bridgehead atoms. The molecule has 1 rings (SSSR count). The summed E-state index contributed by atoms with van der Waals surface area (Å²) >= 11 is 0. The number of halogens is 3. The first kappa shape index (κ1) is 20.2. The van der Waals surface area contributed by atoms with Gasteiger partial charge in [-0.2, -0.15) is 13.2 Å². The summed E-state index contributed by atoms with van der Waals surface area (Å²) in [7, 11) is -4.38. The minimum atomic E-state index is -4.65. The average Bonchev–Trinajstić information content (AvgIpc) is 2.92. The Balaban J connectivity index is 2.88. The molecule has 0 radical (unpaired) electrons. The number of aromatic nitrogens is 1. The Morgan fingerprint density at radius 2 is 2.00 bits per heavy atom. The van der Waals surface area contributed by atoms with Crippen molar-refractivity contribution in [1.82, 2.24) is 5.16 Å².